The molecule has 0 radical (unpaired) electrons. The lowest BCUT2D eigenvalue weighted by atomic mass is 10.2. The van der Waals surface area contributed by atoms with Gasteiger partial charge in [0.15, 0.2) is 6.61 Å². The van der Waals surface area contributed by atoms with Crippen molar-refractivity contribution in [3.8, 4) is 0 Å². The van der Waals surface area contributed by atoms with E-state index in [1.54, 1.807) is 54.6 Å². The topological polar surface area (TPSA) is 92.8 Å². The van der Waals surface area contributed by atoms with Crippen LogP contribution in [0.1, 0.15) is 15.9 Å². The molecule has 0 bridgehead atoms. The van der Waals surface area contributed by atoms with Crippen molar-refractivity contribution < 1.29 is 22.7 Å². The predicted molar refractivity (Wildman–Crippen MR) is 122 cm³/mol. The minimum absolute atomic E-state index is 0.0260. The smallest absolute Gasteiger partial charge is 0.338 e. The van der Waals surface area contributed by atoms with E-state index in [9.17, 15) is 18.0 Å². The van der Waals surface area contributed by atoms with Crippen LogP contribution < -0.4 is 9.62 Å². The highest BCUT2D eigenvalue weighted by Gasteiger charge is 2.22. The van der Waals surface area contributed by atoms with Gasteiger partial charge in [0.25, 0.3) is 15.9 Å². The summed E-state index contributed by atoms with van der Waals surface area (Å²) in [6, 6.07) is 21.0. The number of anilines is 1. The second kappa shape index (κ2) is 10.3. The van der Waals surface area contributed by atoms with Gasteiger partial charge in [0.1, 0.15) is 0 Å². The molecule has 0 aliphatic rings. The van der Waals surface area contributed by atoms with E-state index in [0.29, 0.717) is 10.7 Å². The van der Waals surface area contributed by atoms with Gasteiger partial charge < -0.3 is 10.1 Å². The van der Waals surface area contributed by atoms with Crippen molar-refractivity contribution in [3.63, 3.8) is 0 Å². The van der Waals surface area contributed by atoms with Crippen LogP contribution in [0.5, 0.6) is 0 Å². The molecule has 0 aliphatic heterocycles. The Morgan fingerprint density at radius 3 is 2.34 bits per heavy atom. The maximum Gasteiger partial charge on any atom is 0.338 e. The lowest BCUT2D eigenvalue weighted by Gasteiger charge is -2.19. The van der Waals surface area contributed by atoms with Crippen molar-refractivity contribution in [2.45, 2.75) is 11.4 Å². The Hall–Kier alpha value is -3.36. The minimum Gasteiger partial charge on any atom is -0.452 e. The van der Waals surface area contributed by atoms with Gasteiger partial charge in [-0.2, -0.15) is 0 Å². The standard InChI is InChI=1S/C23H21ClN2O5S/c1-26(20-7-3-2-4-8-20)32(29,30)21-9-5-6-18(14-21)23(28)31-16-22(27)25-15-17-10-12-19(24)13-11-17/h2-14H,15-16H2,1H3,(H,25,27). The van der Waals surface area contributed by atoms with E-state index >= 15 is 0 Å². The SMILES string of the molecule is CN(c1ccccc1)S(=O)(=O)c1cccc(C(=O)OCC(=O)NCc2ccc(Cl)cc2)c1. The maximum absolute atomic E-state index is 12.9. The Morgan fingerprint density at radius 2 is 1.66 bits per heavy atom. The van der Waals surface area contributed by atoms with Gasteiger partial charge in [-0.25, -0.2) is 13.2 Å². The molecule has 0 atom stereocenters. The van der Waals surface area contributed by atoms with Crippen LogP contribution in [0.3, 0.4) is 0 Å². The van der Waals surface area contributed by atoms with Crippen LogP contribution in [0.15, 0.2) is 83.8 Å². The molecule has 0 fully saturated rings. The number of benzene rings is 3. The highest BCUT2D eigenvalue weighted by molar-refractivity contribution is 7.92. The molecule has 0 saturated carbocycles. The van der Waals surface area contributed by atoms with Crippen molar-refractivity contribution in [2.24, 2.45) is 0 Å². The number of amides is 1. The minimum atomic E-state index is -3.88. The van der Waals surface area contributed by atoms with Crippen LogP contribution in [-0.2, 0) is 26.1 Å². The first-order valence-corrected chi connectivity index (χ1v) is 11.4. The zero-order valence-corrected chi connectivity index (χ0v) is 18.8. The summed E-state index contributed by atoms with van der Waals surface area (Å²) in [4.78, 5) is 24.3. The van der Waals surface area contributed by atoms with Crippen molar-refractivity contribution in [1.82, 2.24) is 5.32 Å². The molecule has 0 saturated heterocycles. The zero-order valence-electron chi connectivity index (χ0n) is 17.2. The fourth-order valence-corrected chi connectivity index (χ4v) is 4.15. The third kappa shape index (κ3) is 5.87. The molecule has 0 unspecified atom stereocenters. The highest BCUT2D eigenvalue weighted by Crippen LogP contribution is 2.22. The van der Waals surface area contributed by atoms with Gasteiger partial charge in [-0.3, -0.25) is 9.10 Å². The van der Waals surface area contributed by atoms with E-state index in [1.165, 1.54) is 31.3 Å². The molecule has 7 nitrogen and oxygen atoms in total. The molecule has 3 aromatic carbocycles. The van der Waals surface area contributed by atoms with Gasteiger partial charge in [0, 0.05) is 18.6 Å². The average molecular weight is 473 g/mol. The molecular weight excluding hydrogens is 452 g/mol. The summed E-state index contributed by atoms with van der Waals surface area (Å²) in [6.07, 6.45) is 0. The number of esters is 1. The molecule has 0 spiro atoms. The van der Waals surface area contributed by atoms with Gasteiger partial charge >= 0.3 is 5.97 Å². The lowest BCUT2D eigenvalue weighted by Crippen LogP contribution is -2.28. The summed E-state index contributed by atoms with van der Waals surface area (Å²) in [6.45, 7) is -0.236. The van der Waals surface area contributed by atoms with Crippen LogP contribution in [0.2, 0.25) is 5.02 Å². The predicted octanol–water partition coefficient (Wildman–Crippen LogP) is 3.64. The van der Waals surface area contributed by atoms with Gasteiger partial charge in [-0.15, -0.1) is 0 Å². The monoisotopic (exact) mass is 472 g/mol. The van der Waals surface area contributed by atoms with Gasteiger partial charge in [-0.05, 0) is 48.0 Å². The Kier molecular flexibility index (Phi) is 7.50. The van der Waals surface area contributed by atoms with E-state index in [2.05, 4.69) is 5.32 Å². The third-order valence-electron chi connectivity index (χ3n) is 4.59. The number of hydrogen-bond donors (Lipinski definition) is 1. The molecule has 1 N–H and O–H groups in total. The summed E-state index contributed by atoms with van der Waals surface area (Å²) in [5, 5.41) is 3.22. The quantitative estimate of drug-likeness (QED) is 0.505. The Labute approximate surface area is 191 Å². The lowest BCUT2D eigenvalue weighted by molar-refractivity contribution is -0.124. The molecule has 0 heterocycles. The number of nitrogens with zero attached hydrogens (tertiary/aromatic N) is 1. The van der Waals surface area contributed by atoms with E-state index in [1.807, 2.05) is 0 Å². The van der Waals surface area contributed by atoms with Crippen LogP contribution in [-0.4, -0.2) is 33.9 Å². The van der Waals surface area contributed by atoms with Gasteiger partial charge in [-0.1, -0.05) is 48.0 Å². The molecule has 3 aromatic rings. The normalized spacial score (nSPS) is 10.9. The summed E-state index contributed by atoms with van der Waals surface area (Å²) in [5.41, 5.74) is 1.35. The number of sulfonamides is 1. The summed E-state index contributed by atoms with van der Waals surface area (Å²) in [7, 11) is -2.45. The van der Waals surface area contributed by atoms with Crippen molar-refractivity contribution in [3.05, 3.63) is 95.0 Å². The number of halogens is 1. The number of para-hydroxylation sites is 1. The van der Waals surface area contributed by atoms with Crippen LogP contribution in [0.25, 0.3) is 0 Å². The van der Waals surface area contributed by atoms with Crippen molar-refractivity contribution >= 4 is 39.2 Å². The first-order valence-electron chi connectivity index (χ1n) is 9.59. The highest BCUT2D eigenvalue weighted by atomic mass is 35.5. The van der Waals surface area contributed by atoms with E-state index < -0.39 is 28.5 Å². The number of ether oxygens (including phenoxy) is 1. The molecule has 0 aromatic heterocycles. The fourth-order valence-electron chi connectivity index (χ4n) is 2.79. The first-order chi connectivity index (χ1) is 15.3. The van der Waals surface area contributed by atoms with E-state index in [0.717, 1.165) is 9.87 Å². The fraction of sp³-hybridized carbons (Fsp3) is 0.130. The Morgan fingerprint density at radius 1 is 0.969 bits per heavy atom. The number of hydrogen-bond acceptors (Lipinski definition) is 5. The van der Waals surface area contributed by atoms with Crippen LogP contribution in [0, 0.1) is 0 Å². The van der Waals surface area contributed by atoms with E-state index in [4.69, 9.17) is 16.3 Å². The largest absolute Gasteiger partial charge is 0.452 e. The molecule has 3 rings (SSSR count). The molecule has 0 aliphatic carbocycles. The molecule has 9 heteroatoms. The average Bonchev–Trinajstić information content (AvgIpc) is 2.82. The summed E-state index contributed by atoms with van der Waals surface area (Å²) < 4.78 is 32.0. The number of rotatable bonds is 8. The molecular formula is C23H21ClN2O5S. The van der Waals surface area contributed by atoms with Crippen LogP contribution >= 0.6 is 11.6 Å². The summed E-state index contributed by atoms with van der Waals surface area (Å²) >= 11 is 5.82. The first kappa shape index (κ1) is 23.3. The second-order valence-electron chi connectivity index (χ2n) is 6.82. The number of nitrogens with one attached hydrogen (secondary N) is 1. The molecule has 32 heavy (non-hydrogen) atoms. The maximum atomic E-state index is 12.9. The third-order valence-corrected chi connectivity index (χ3v) is 6.62. The van der Waals surface area contributed by atoms with Crippen molar-refractivity contribution in [1.29, 1.82) is 0 Å². The van der Waals surface area contributed by atoms with Crippen molar-refractivity contribution in [2.75, 3.05) is 18.0 Å². The van der Waals surface area contributed by atoms with Gasteiger partial charge in [0.2, 0.25) is 0 Å². The van der Waals surface area contributed by atoms with Crippen LogP contribution in [0.4, 0.5) is 5.69 Å². The molecule has 1 amide bonds. The summed E-state index contributed by atoms with van der Waals surface area (Å²) in [5.74, 6) is -1.29. The molecule has 166 valence electrons. The van der Waals surface area contributed by atoms with E-state index in [-0.39, 0.29) is 17.0 Å². The van der Waals surface area contributed by atoms with Gasteiger partial charge in [0.05, 0.1) is 16.1 Å². The zero-order chi connectivity index (χ0) is 23.1. The second-order valence-corrected chi connectivity index (χ2v) is 9.22. The number of carbonyl (C=O) groups is 2. The Bertz CT molecular complexity index is 1200. The number of carbonyl (C=O) groups excluding carboxylic acids is 2. The Balaban J connectivity index is 1.61.